The Balaban J connectivity index is 2.48. The predicted octanol–water partition coefficient (Wildman–Crippen LogP) is 2.11. The van der Waals surface area contributed by atoms with Gasteiger partial charge in [-0.1, -0.05) is 20.8 Å². The summed E-state index contributed by atoms with van der Waals surface area (Å²) < 4.78 is 0. The van der Waals surface area contributed by atoms with E-state index in [1.54, 1.807) is 0 Å². The molecule has 1 unspecified atom stereocenters. The minimum Gasteiger partial charge on any atom is -0.397 e. The molecule has 1 atom stereocenters. The molecule has 1 saturated heterocycles. The largest absolute Gasteiger partial charge is 0.397 e. The SMILES string of the molecule is CC1CCN(c2sc(C(=O)C(C)C)c(N)c2C(N)=O)C1. The summed E-state index contributed by atoms with van der Waals surface area (Å²) in [6.07, 6.45) is 1.07. The van der Waals surface area contributed by atoms with Crippen LogP contribution in [0.5, 0.6) is 0 Å². The van der Waals surface area contributed by atoms with E-state index in [1.165, 1.54) is 11.3 Å². The van der Waals surface area contributed by atoms with Crippen LogP contribution in [0.2, 0.25) is 0 Å². The van der Waals surface area contributed by atoms with Gasteiger partial charge in [0.05, 0.1) is 16.1 Å². The predicted molar refractivity (Wildman–Crippen MR) is 82.4 cm³/mol. The Bertz CT molecular complexity index is 551. The standard InChI is InChI=1S/C14H21N3O2S/c1-7(2)11(18)12-10(15)9(13(16)19)14(20-12)17-5-4-8(3)6-17/h7-8H,4-6,15H2,1-3H3,(H2,16,19). The average molecular weight is 295 g/mol. The third-order valence-electron chi connectivity index (χ3n) is 3.63. The molecular weight excluding hydrogens is 274 g/mol. The normalized spacial score (nSPS) is 18.8. The minimum atomic E-state index is -0.559. The van der Waals surface area contributed by atoms with Crippen LogP contribution in [-0.4, -0.2) is 24.8 Å². The number of carbonyl (C=O) groups is 2. The summed E-state index contributed by atoms with van der Waals surface area (Å²) in [5.74, 6) is -0.171. The van der Waals surface area contributed by atoms with E-state index in [-0.39, 0.29) is 17.4 Å². The molecule has 4 N–H and O–H groups in total. The molecule has 20 heavy (non-hydrogen) atoms. The topological polar surface area (TPSA) is 89.4 Å². The van der Waals surface area contributed by atoms with Gasteiger partial charge in [0.2, 0.25) is 0 Å². The fourth-order valence-corrected chi connectivity index (χ4v) is 3.81. The highest BCUT2D eigenvalue weighted by molar-refractivity contribution is 7.19. The van der Waals surface area contributed by atoms with Crippen molar-refractivity contribution in [2.75, 3.05) is 23.7 Å². The summed E-state index contributed by atoms with van der Waals surface area (Å²) in [6, 6.07) is 0. The third kappa shape index (κ3) is 2.52. The van der Waals surface area contributed by atoms with Gasteiger partial charge in [0, 0.05) is 19.0 Å². The maximum atomic E-state index is 12.2. The molecule has 0 bridgehead atoms. The molecule has 1 amide bonds. The van der Waals surface area contributed by atoms with E-state index in [2.05, 4.69) is 11.8 Å². The molecule has 1 aliphatic rings. The van der Waals surface area contributed by atoms with Crippen molar-refractivity contribution < 1.29 is 9.59 Å². The molecule has 0 saturated carbocycles. The number of amides is 1. The van der Waals surface area contributed by atoms with E-state index >= 15 is 0 Å². The fourth-order valence-electron chi connectivity index (χ4n) is 2.46. The van der Waals surface area contributed by atoms with E-state index in [0.29, 0.717) is 16.4 Å². The zero-order chi connectivity index (χ0) is 15.0. The summed E-state index contributed by atoms with van der Waals surface area (Å²) in [6.45, 7) is 7.55. The van der Waals surface area contributed by atoms with Gasteiger partial charge in [-0.25, -0.2) is 0 Å². The summed E-state index contributed by atoms with van der Waals surface area (Å²) in [4.78, 5) is 26.5. The van der Waals surface area contributed by atoms with Crippen LogP contribution < -0.4 is 16.4 Å². The van der Waals surface area contributed by atoms with Crippen LogP contribution in [0.1, 0.15) is 47.2 Å². The number of nitrogens with zero attached hydrogens (tertiary/aromatic N) is 1. The maximum Gasteiger partial charge on any atom is 0.253 e. The van der Waals surface area contributed by atoms with Crippen LogP contribution in [0.25, 0.3) is 0 Å². The van der Waals surface area contributed by atoms with E-state index in [0.717, 1.165) is 24.5 Å². The first-order valence-corrected chi connectivity index (χ1v) is 7.65. The van der Waals surface area contributed by atoms with Crippen molar-refractivity contribution in [3.8, 4) is 0 Å². The number of ketones is 1. The van der Waals surface area contributed by atoms with Crippen molar-refractivity contribution >= 4 is 33.7 Å². The second-order valence-corrected chi connectivity index (χ2v) is 6.75. The number of nitrogens with two attached hydrogens (primary N) is 2. The lowest BCUT2D eigenvalue weighted by atomic mass is 10.1. The first-order valence-electron chi connectivity index (χ1n) is 6.84. The van der Waals surface area contributed by atoms with E-state index in [9.17, 15) is 9.59 Å². The van der Waals surface area contributed by atoms with Crippen molar-refractivity contribution in [3.05, 3.63) is 10.4 Å². The van der Waals surface area contributed by atoms with Gasteiger partial charge >= 0.3 is 0 Å². The van der Waals surface area contributed by atoms with Gasteiger partial charge in [0.25, 0.3) is 5.91 Å². The number of hydrogen-bond acceptors (Lipinski definition) is 5. The Morgan fingerprint density at radius 3 is 2.50 bits per heavy atom. The first-order chi connectivity index (χ1) is 9.32. The van der Waals surface area contributed by atoms with Crippen LogP contribution in [-0.2, 0) is 0 Å². The van der Waals surface area contributed by atoms with Crippen LogP contribution in [0, 0.1) is 11.8 Å². The number of hydrogen-bond donors (Lipinski definition) is 2. The summed E-state index contributed by atoms with van der Waals surface area (Å²) in [7, 11) is 0. The number of primary amides is 1. The van der Waals surface area contributed by atoms with Crippen molar-refractivity contribution in [2.45, 2.75) is 27.2 Å². The van der Waals surface area contributed by atoms with E-state index < -0.39 is 5.91 Å². The highest BCUT2D eigenvalue weighted by Gasteiger charge is 2.30. The molecule has 1 aromatic heterocycles. The number of thiophene rings is 1. The molecule has 0 aromatic carbocycles. The molecule has 110 valence electrons. The quantitative estimate of drug-likeness (QED) is 0.833. The minimum absolute atomic E-state index is 0.0338. The lowest BCUT2D eigenvalue weighted by molar-refractivity contribution is 0.0944. The molecular formula is C14H21N3O2S. The van der Waals surface area contributed by atoms with Gasteiger partial charge in [-0.15, -0.1) is 11.3 Å². The summed E-state index contributed by atoms with van der Waals surface area (Å²) >= 11 is 1.30. The Hall–Kier alpha value is -1.56. The number of rotatable bonds is 4. The fraction of sp³-hybridized carbons (Fsp3) is 0.571. The maximum absolute atomic E-state index is 12.2. The zero-order valence-electron chi connectivity index (χ0n) is 12.1. The molecule has 0 spiro atoms. The second-order valence-electron chi connectivity index (χ2n) is 5.75. The molecule has 1 aromatic rings. The van der Waals surface area contributed by atoms with Crippen molar-refractivity contribution in [1.29, 1.82) is 0 Å². The van der Waals surface area contributed by atoms with Gasteiger partial charge in [-0.05, 0) is 12.3 Å². The molecule has 6 heteroatoms. The van der Waals surface area contributed by atoms with Crippen LogP contribution in [0.15, 0.2) is 0 Å². The van der Waals surface area contributed by atoms with Crippen LogP contribution >= 0.6 is 11.3 Å². The van der Waals surface area contributed by atoms with Crippen molar-refractivity contribution in [1.82, 2.24) is 0 Å². The summed E-state index contributed by atoms with van der Waals surface area (Å²) in [5.41, 5.74) is 12.0. The summed E-state index contributed by atoms with van der Waals surface area (Å²) in [5, 5.41) is 0.753. The van der Waals surface area contributed by atoms with Gasteiger partial charge in [0.1, 0.15) is 5.00 Å². The number of nitrogen functional groups attached to an aromatic ring is 1. The molecule has 1 fully saturated rings. The van der Waals surface area contributed by atoms with E-state index in [4.69, 9.17) is 11.5 Å². The second kappa shape index (κ2) is 5.44. The molecule has 2 heterocycles. The lowest BCUT2D eigenvalue weighted by Gasteiger charge is -2.17. The van der Waals surface area contributed by atoms with Crippen LogP contribution in [0.3, 0.4) is 0 Å². The Labute approximate surface area is 122 Å². The van der Waals surface area contributed by atoms with Crippen molar-refractivity contribution in [3.63, 3.8) is 0 Å². The molecule has 0 aliphatic carbocycles. The number of anilines is 2. The first kappa shape index (κ1) is 14.8. The highest BCUT2D eigenvalue weighted by atomic mass is 32.1. The Morgan fingerprint density at radius 1 is 1.40 bits per heavy atom. The smallest absolute Gasteiger partial charge is 0.253 e. The van der Waals surface area contributed by atoms with Gasteiger partial charge < -0.3 is 16.4 Å². The lowest BCUT2D eigenvalue weighted by Crippen LogP contribution is -2.22. The Kier molecular flexibility index (Phi) is 4.04. The van der Waals surface area contributed by atoms with Gasteiger partial charge in [0.15, 0.2) is 5.78 Å². The number of carbonyl (C=O) groups excluding carboxylic acids is 2. The Morgan fingerprint density at radius 2 is 2.05 bits per heavy atom. The average Bonchev–Trinajstić information content (AvgIpc) is 2.91. The van der Waals surface area contributed by atoms with Gasteiger partial charge in [-0.2, -0.15) is 0 Å². The molecule has 5 nitrogen and oxygen atoms in total. The highest BCUT2D eigenvalue weighted by Crippen LogP contribution is 2.41. The molecule has 2 rings (SSSR count). The molecule has 0 radical (unpaired) electrons. The van der Waals surface area contributed by atoms with Crippen LogP contribution in [0.4, 0.5) is 10.7 Å². The monoisotopic (exact) mass is 295 g/mol. The zero-order valence-corrected chi connectivity index (χ0v) is 12.9. The van der Waals surface area contributed by atoms with Gasteiger partial charge in [-0.3, -0.25) is 9.59 Å². The number of Topliss-reactive ketones (excluding diaryl/α,β-unsaturated/α-hetero) is 1. The molecule has 1 aliphatic heterocycles. The third-order valence-corrected chi connectivity index (χ3v) is 4.91. The van der Waals surface area contributed by atoms with E-state index in [1.807, 2.05) is 13.8 Å². The van der Waals surface area contributed by atoms with Crippen molar-refractivity contribution in [2.24, 2.45) is 17.6 Å².